The third-order valence-electron chi connectivity index (χ3n) is 12.0. The van der Waals surface area contributed by atoms with Crippen LogP contribution in [0.5, 0.6) is 11.5 Å². The first-order chi connectivity index (χ1) is 25.9. The largest absolute Gasteiger partial charge is 0.496 e. The van der Waals surface area contributed by atoms with E-state index in [4.69, 9.17) is 9.47 Å². The van der Waals surface area contributed by atoms with Gasteiger partial charge in [0.25, 0.3) is 0 Å². The molecular weight excluding hydrogens is 649 g/mol. The van der Waals surface area contributed by atoms with E-state index in [2.05, 4.69) is 148 Å². The predicted molar refractivity (Wildman–Crippen MR) is 224 cm³/mol. The summed E-state index contributed by atoms with van der Waals surface area (Å²) in [4.78, 5) is 5.46. The lowest BCUT2D eigenvalue weighted by Crippen LogP contribution is -2.41. The van der Waals surface area contributed by atoms with Crippen LogP contribution in [0.25, 0.3) is 10.8 Å². The third kappa shape index (κ3) is 8.82. The number of aryl methyl sites for hydroxylation is 1. The molecule has 4 atom stereocenters. The third-order valence-corrected chi connectivity index (χ3v) is 12.0. The molecular formula is C49H62N2O2. The maximum absolute atomic E-state index is 5.61. The Morgan fingerprint density at radius 1 is 0.604 bits per heavy atom. The second kappa shape index (κ2) is 18.3. The summed E-state index contributed by atoms with van der Waals surface area (Å²) >= 11 is 0. The maximum Gasteiger partial charge on any atom is 0.122 e. The van der Waals surface area contributed by atoms with Crippen LogP contribution in [0.3, 0.4) is 0 Å². The van der Waals surface area contributed by atoms with Crippen molar-refractivity contribution in [3.63, 3.8) is 0 Å². The summed E-state index contributed by atoms with van der Waals surface area (Å²) in [6.45, 7) is 13.8. The number of hydrogen-bond acceptors (Lipinski definition) is 4. The molecule has 7 rings (SSSR count). The first-order valence-corrected chi connectivity index (χ1v) is 20.2. The molecule has 0 saturated heterocycles. The van der Waals surface area contributed by atoms with Crippen molar-refractivity contribution in [3.8, 4) is 11.5 Å². The Hall–Kier alpha value is -4.12. The number of fused-ring (bicyclic) bond motifs is 3. The zero-order valence-corrected chi connectivity index (χ0v) is 33.4. The lowest BCUT2D eigenvalue weighted by Gasteiger charge is -2.40. The predicted octanol–water partition coefficient (Wildman–Crippen LogP) is 11.5. The molecule has 0 radical (unpaired) electrons. The molecule has 2 aliphatic carbocycles. The Morgan fingerprint density at radius 3 is 1.66 bits per heavy atom. The Bertz CT molecular complexity index is 1910. The number of nitrogens with zero attached hydrogens (tertiary/aromatic N) is 2. The zero-order valence-electron chi connectivity index (χ0n) is 33.4. The average molecular weight is 711 g/mol. The van der Waals surface area contributed by atoms with E-state index in [1.807, 2.05) is 0 Å². The van der Waals surface area contributed by atoms with E-state index in [9.17, 15) is 0 Å². The molecule has 4 heteroatoms. The van der Waals surface area contributed by atoms with Gasteiger partial charge in [-0.15, -0.1) is 0 Å². The SMILES string of the molecule is CCCN([C@H]1CCc2c(cccc2OC)C1)[C@H](C)c1ccc(C)cc1.CCCN([C@H]1CCc2c(cccc2OC)C1)[C@H](C)c1cccc2ccccc12. The van der Waals surface area contributed by atoms with Gasteiger partial charge in [0.15, 0.2) is 0 Å². The molecule has 0 aliphatic heterocycles. The second-order valence-corrected chi connectivity index (χ2v) is 15.3. The standard InChI is InChI=1S/C26H31NO.C23H31NO/c1-4-17-27(19(2)23-13-7-10-20-9-5-6-12-24(20)23)22-15-16-25-21(18-22)11-8-14-26(25)28-3;1-5-15-24(18(3)19-11-9-17(2)10-12-19)21-13-14-22-20(16-21)7-6-8-23(22)25-4/h5-14,19,22H,4,15-18H2,1-3H3;6-12,18,21H,5,13-16H2,1-4H3/t19-,22+;18-,21+/m11/s1. The van der Waals surface area contributed by atoms with Crippen LogP contribution >= 0.6 is 0 Å². The van der Waals surface area contributed by atoms with Crippen LogP contribution in [0.4, 0.5) is 0 Å². The second-order valence-electron chi connectivity index (χ2n) is 15.3. The minimum atomic E-state index is 0.406. The number of methoxy groups -OCH3 is 2. The van der Waals surface area contributed by atoms with Crippen molar-refractivity contribution in [2.24, 2.45) is 0 Å². The molecule has 4 nitrogen and oxygen atoms in total. The van der Waals surface area contributed by atoms with E-state index in [0.29, 0.717) is 24.2 Å². The van der Waals surface area contributed by atoms with Crippen LogP contribution < -0.4 is 9.47 Å². The normalized spacial score (nSPS) is 17.8. The van der Waals surface area contributed by atoms with Gasteiger partial charge in [-0.2, -0.15) is 0 Å². The lowest BCUT2D eigenvalue weighted by molar-refractivity contribution is 0.130. The molecule has 0 saturated carbocycles. The highest BCUT2D eigenvalue weighted by molar-refractivity contribution is 5.86. The molecule has 5 aromatic carbocycles. The zero-order chi connectivity index (χ0) is 37.3. The number of hydrogen-bond donors (Lipinski definition) is 0. The highest BCUT2D eigenvalue weighted by Crippen LogP contribution is 2.37. The lowest BCUT2D eigenvalue weighted by atomic mass is 9.85. The highest BCUT2D eigenvalue weighted by atomic mass is 16.5. The van der Waals surface area contributed by atoms with Crippen LogP contribution in [0, 0.1) is 6.92 Å². The van der Waals surface area contributed by atoms with Gasteiger partial charge in [0.1, 0.15) is 11.5 Å². The molecule has 5 aromatic rings. The van der Waals surface area contributed by atoms with Gasteiger partial charge in [0.2, 0.25) is 0 Å². The first-order valence-electron chi connectivity index (χ1n) is 20.2. The summed E-state index contributed by atoms with van der Waals surface area (Å²) < 4.78 is 11.2. The monoisotopic (exact) mass is 710 g/mol. The van der Waals surface area contributed by atoms with E-state index in [0.717, 1.165) is 50.3 Å². The van der Waals surface area contributed by atoms with Gasteiger partial charge in [-0.25, -0.2) is 0 Å². The van der Waals surface area contributed by atoms with Crippen LogP contribution in [0.2, 0.25) is 0 Å². The molecule has 0 fully saturated rings. The number of benzene rings is 5. The quantitative estimate of drug-likeness (QED) is 0.129. The van der Waals surface area contributed by atoms with Crippen molar-refractivity contribution in [3.05, 3.63) is 142 Å². The van der Waals surface area contributed by atoms with Gasteiger partial charge in [-0.1, -0.05) is 110 Å². The molecule has 0 unspecified atom stereocenters. The van der Waals surface area contributed by atoms with Gasteiger partial charge >= 0.3 is 0 Å². The summed E-state index contributed by atoms with van der Waals surface area (Å²) in [5, 5.41) is 2.72. The van der Waals surface area contributed by atoms with E-state index in [1.54, 1.807) is 14.2 Å². The van der Waals surface area contributed by atoms with Crippen LogP contribution in [-0.2, 0) is 25.7 Å². The fourth-order valence-corrected chi connectivity index (χ4v) is 9.19. The van der Waals surface area contributed by atoms with Crippen molar-refractivity contribution < 1.29 is 9.47 Å². The summed E-state index contributed by atoms with van der Waals surface area (Å²) in [6.07, 6.45) is 9.24. The van der Waals surface area contributed by atoms with Gasteiger partial charge < -0.3 is 9.47 Å². The molecule has 0 N–H and O–H groups in total. The van der Waals surface area contributed by atoms with E-state index in [1.165, 1.54) is 75.4 Å². The van der Waals surface area contributed by atoms with Gasteiger partial charge in [-0.05, 0) is 142 Å². The van der Waals surface area contributed by atoms with Crippen LogP contribution in [0.15, 0.2) is 103 Å². The summed E-state index contributed by atoms with van der Waals surface area (Å²) in [6, 6.07) is 39.7. The first kappa shape index (κ1) is 38.6. The minimum Gasteiger partial charge on any atom is -0.496 e. The summed E-state index contributed by atoms with van der Waals surface area (Å²) in [7, 11) is 3.57. The Labute approximate surface area is 320 Å². The Morgan fingerprint density at radius 2 is 1.11 bits per heavy atom. The highest BCUT2D eigenvalue weighted by Gasteiger charge is 2.31. The van der Waals surface area contributed by atoms with E-state index >= 15 is 0 Å². The maximum atomic E-state index is 5.61. The molecule has 0 spiro atoms. The van der Waals surface area contributed by atoms with Crippen molar-refractivity contribution in [1.29, 1.82) is 0 Å². The van der Waals surface area contributed by atoms with Crippen molar-refractivity contribution in [1.82, 2.24) is 9.80 Å². The van der Waals surface area contributed by atoms with Crippen LogP contribution in [-0.4, -0.2) is 49.2 Å². The molecule has 53 heavy (non-hydrogen) atoms. The molecule has 280 valence electrons. The minimum absolute atomic E-state index is 0.406. The average Bonchev–Trinajstić information content (AvgIpc) is 3.20. The van der Waals surface area contributed by atoms with Gasteiger partial charge in [-0.3, -0.25) is 9.80 Å². The van der Waals surface area contributed by atoms with Crippen molar-refractivity contribution in [2.45, 2.75) is 110 Å². The fourth-order valence-electron chi connectivity index (χ4n) is 9.19. The van der Waals surface area contributed by atoms with Crippen LogP contribution in [0.1, 0.15) is 104 Å². The van der Waals surface area contributed by atoms with Crippen molar-refractivity contribution >= 4 is 10.8 Å². The molecule has 0 aromatic heterocycles. The van der Waals surface area contributed by atoms with E-state index < -0.39 is 0 Å². The topological polar surface area (TPSA) is 24.9 Å². The Kier molecular flexibility index (Phi) is 13.3. The molecule has 2 aliphatic rings. The van der Waals surface area contributed by atoms with Gasteiger partial charge in [0, 0.05) is 24.2 Å². The Balaban J connectivity index is 0.000000183. The van der Waals surface area contributed by atoms with E-state index in [-0.39, 0.29) is 0 Å². The fraction of sp³-hybridized carbons (Fsp3) is 0.429. The smallest absolute Gasteiger partial charge is 0.122 e. The summed E-state index contributed by atoms with van der Waals surface area (Å²) in [5.41, 5.74) is 9.96. The molecule has 0 heterocycles. The molecule has 0 amide bonds. The number of ether oxygens (including phenoxy) is 2. The van der Waals surface area contributed by atoms with Gasteiger partial charge in [0.05, 0.1) is 14.2 Å². The number of rotatable bonds is 12. The molecule has 0 bridgehead atoms. The van der Waals surface area contributed by atoms with Crippen molar-refractivity contribution in [2.75, 3.05) is 27.3 Å². The summed E-state index contributed by atoms with van der Waals surface area (Å²) in [5.74, 6) is 2.12.